The molecule has 0 saturated carbocycles. The van der Waals surface area contributed by atoms with Crippen LogP contribution in [0.15, 0.2) is 87.1 Å². The number of carbonyl (C=O) groups excluding carboxylic acids is 1. The minimum Gasteiger partial charge on any atom is -0.453 e. The van der Waals surface area contributed by atoms with Gasteiger partial charge in [0.15, 0.2) is 10.7 Å². The van der Waals surface area contributed by atoms with E-state index in [1.54, 1.807) is 12.1 Å². The SMILES string of the molecule is C[S+]1C(=CC(=O)c2cc3ccccc3o2)Nc2c1ccc1ccccc21. The Morgan fingerprint density at radius 1 is 1.00 bits per heavy atom. The Labute approximate surface area is 153 Å². The molecular weight excluding hydrogens is 342 g/mol. The third-order valence-corrected chi connectivity index (χ3v) is 6.61. The van der Waals surface area contributed by atoms with Gasteiger partial charge in [-0.1, -0.05) is 42.5 Å². The first-order chi connectivity index (χ1) is 12.7. The molecule has 1 unspecified atom stereocenters. The van der Waals surface area contributed by atoms with Gasteiger partial charge in [-0.15, -0.1) is 0 Å². The van der Waals surface area contributed by atoms with E-state index >= 15 is 0 Å². The Morgan fingerprint density at radius 2 is 1.77 bits per heavy atom. The number of hydrogen-bond acceptors (Lipinski definition) is 3. The minimum atomic E-state index is -0.166. The number of allylic oxidation sites excluding steroid dienone is 1. The van der Waals surface area contributed by atoms with Crippen LogP contribution in [0, 0.1) is 0 Å². The van der Waals surface area contributed by atoms with Crippen molar-refractivity contribution in [3.8, 4) is 0 Å². The monoisotopic (exact) mass is 358 g/mol. The van der Waals surface area contributed by atoms with Crippen LogP contribution in [-0.2, 0) is 10.9 Å². The van der Waals surface area contributed by atoms with Crippen molar-refractivity contribution in [1.82, 2.24) is 0 Å². The third-order valence-electron chi connectivity index (χ3n) is 4.73. The average Bonchev–Trinajstić information content (AvgIpc) is 3.24. The highest BCUT2D eigenvalue weighted by Gasteiger charge is 2.36. The molecule has 1 aromatic heterocycles. The summed E-state index contributed by atoms with van der Waals surface area (Å²) in [6, 6.07) is 22.1. The highest BCUT2D eigenvalue weighted by Crippen LogP contribution is 2.40. The summed E-state index contributed by atoms with van der Waals surface area (Å²) in [5, 5.41) is 7.73. The number of benzene rings is 3. The van der Waals surface area contributed by atoms with Gasteiger partial charge in [0.1, 0.15) is 17.5 Å². The summed E-state index contributed by atoms with van der Waals surface area (Å²) in [5.74, 6) is 0.262. The Kier molecular flexibility index (Phi) is 3.40. The van der Waals surface area contributed by atoms with Crippen molar-refractivity contribution < 1.29 is 9.21 Å². The molecule has 4 aromatic rings. The van der Waals surface area contributed by atoms with Gasteiger partial charge in [-0.05, 0) is 29.7 Å². The van der Waals surface area contributed by atoms with Crippen molar-refractivity contribution in [2.45, 2.75) is 4.90 Å². The molecule has 0 aliphatic carbocycles. The van der Waals surface area contributed by atoms with Gasteiger partial charge in [0, 0.05) is 10.8 Å². The van der Waals surface area contributed by atoms with Crippen LogP contribution in [0.4, 0.5) is 5.69 Å². The summed E-state index contributed by atoms with van der Waals surface area (Å²) >= 11 is 0. The lowest BCUT2D eigenvalue weighted by Gasteiger charge is -2.00. The molecule has 1 N–H and O–H groups in total. The Morgan fingerprint density at radius 3 is 2.62 bits per heavy atom. The van der Waals surface area contributed by atoms with Crippen molar-refractivity contribution in [1.29, 1.82) is 0 Å². The maximum atomic E-state index is 12.7. The first-order valence-corrected chi connectivity index (χ1v) is 10.0. The van der Waals surface area contributed by atoms with E-state index in [-0.39, 0.29) is 16.7 Å². The quantitative estimate of drug-likeness (QED) is 0.299. The largest absolute Gasteiger partial charge is 0.453 e. The van der Waals surface area contributed by atoms with Crippen LogP contribution in [0.2, 0.25) is 0 Å². The van der Waals surface area contributed by atoms with Crippen LogP contribution < -0.4 is 5.32 Å². The first-order valence-electron chi connectivity index (χ1n) is 8.40. The lowest BCUT2D eigenvalue weighted by atomic mass is 10.1. The number of para-hydroxylation sites is 1. The van der Waals surface area contributed by atoms with E-state index in [0.29, 0.717) is 5.76 Å². The molecule has 1 atom stereocenters. The molecule has 1 aliphatic heterocycles. The summed E-state index contributed by atoms with van der Waals surface area (Å²) in [4.78, 5) is 14.0. The number of fused-ring (bicyclic) bond motifs is 4. The van der Waals surface area contributed by atoms with Crippen LogP contribution >= 0.6 is 0 Å². The van der Waals surface area contributed by atoms with Crippen molar-refractivity contribution in [2.75, 3.05) is 11.6 Å². The Bertz CT molecular complexity index is 1170. The molecule has 5 rings (SSSR count). The number of hydrogen-bond donors (Lipinski definition) is 1. The molecule has 0 spiro atoms. The summed E-state index contributed by atoms with van der Waals surface area (Å²) < 4.78 is 5.70. The zero-order valence-electron chi connectivity index (χ0n) is 14.2. The molecule has 0 amide bonds. The smallest absolute Gasteiger partial charge is 0.235 e. The predicted molar refractivity (Wildman–Crippen MR) is 108 cm³/mol. The fraction of sp³-hybridized carbons (Fsp3) is 0.0455. The molecule has 126 valence electrons. The Balaban J connectivity index is 1.53. The molecule has 0 fully saturated rings. The van der Waals surface area contributed by atoms with E-state index in [9.17, 15) is 4.79 Å². The molecule has 2 heterocycles. The number of rotatable bonds is 2. The van der Waals surface area contributed by atoms with Crippen molar-refractivity contribution >= 4 is 44.1 Å². The summed E-state index contributed by atoms with van der Waals surface area (Å²) in [5.41, 5.74) is 1.84. The van der Waals surface area contributed by atoms with Gasteiger partial charge in [0.2, 0.25) is 10.8 Å². The second-order valence-corrected chi connectivity index (χ2v) is 8.22. The van der Waals surface area contributed by atoms with Crippen molar-refractivity contribution in [3.63, 3.8) is 0 Å². The average molecular weight is 358 g/mol. The predicted octanol–water partition coefficient (Wildman–Crippen LogP) is 5.34. The standard InChI is InChI=1S/C22H15NO2S/c1-26-20-11-10-14-6-2-4-8-16(14)22(20)23-21(26)13-17(24)19-12-15-7-3-5-9-18(15)25-19/h2-13H,1H3/p+1. The van der Waals surface area contributed by atoms with E-state index in [1.807, 2.05) is 36.4 Å². The molecule has 3 nitrogen and oxygen atoms in total. The van der Waals surface area contributed by atoms with Gasteiger partial charge in [0.05, 0.1) is 17.0 Å². The molecule has 26 heavy (non-hydrogen) atoms. The normalized spacial score (nSPS) is 17.6. The number of anilines is 1. The third kappa shape index (κ3) is 2.34. The maximum Gasteiger partial charge on any atom is 0.235 e. The van der Waals surface area contributed by atoms with E-state index in [0.717, 1.165) is 21.7 Å². The molecule has 0 radical (unpaired) electrons. The van der Waals surface area contributed by atoms with Crippen LogP contribution in [-0.4, -0.2) is 12.0 Å². The van der Waals surface area contributed by atoms with Gasteiger partial charge >= 0.3 is 0 Å². The lowest BCUT2D eigenvalue weighted by molar-refractivity contribution is 0.102. The van der Waals surface area contributed by atoms with Crippen LogP contribution in [0.3, 0.4) is 0 Å². The minimum absolute atomic E-state index is 0.111. The van der Waals surface area contributed by atoms with Gasteiger partial charge in [0.25, 0.3) is 0 Å². The van der Waals surface area contributed by atoms with Gasteiger partial charge in [-0.3, -0.25) is 4.79 Å². The number of carbonyl (C=O) groups is 1. The van der Waals surface area contributed by atoms with Crippen LogP contribution in [0.1, 0.15) is 10.6 Å². The molecule has 0 bridgehead atoms. The van der Waals surface area contributed by atoms with Gasteiger partial charge in [-0.2, -0.15) is 0 Å². The maximum absolute atomic E-state index is 12.7. The zero-order chi connectivity index (χ0) is 17.7. The van der Waals surface area contributed by atoms with Gasteiger partial charge < -0.3 is 9.73 Å². The van der Waals surface area contributed by atoms with Crippen LogP contribution in [0.5, 0.6) is 0 Å². The summed E-state index contributed by atoms with van der Waals surface area (Å²) in [6.45, 7) is 0. The van der Waals surface area contributed by atoms with E-state index in [2.05, 4.69) is 35.8 Å². The fourth-order valence-corrected chi connectivity index (χ4v) is 4.89. The molecule has 4 heteroatoms. The lowest BCUT2D eigenvalue weighted by Crippen LogP contribution is -2.05. The number of furan rings is 1. The number of ketones is 1. The van der Waals surface area contributed by atoms with E-state index < -0.39 is 0 Å². The molecule has 3 aromatic carbocycles. The van der Waals surface area contributed by atoms with E-state index in [4.69, 9.17) is 4.42 Å². The topological polar surface area (TPSA) is 42.2 Å². The van der Waals surface area contributed by atoms with E-state index in [1.165, 1.54) is 15.7 Å². The Hall–Kier alpha value is -2.98. The van der Waals surface area contributed by atoms with Gasteiger partial charge in [-0.25, -0.2) is 0 Å². The fourth-order valence-electron chi connectivity index (χ4n) is 3.37. The second-order valence-electron chi connectivity index (χ2n) is 6.32. The van der Waals surface area contributed by atoms with Crippen molar-refractivity contribution in [3.05, 3.63) is 83.6 Å². The molecular formula is C22H16NO2S+. The summed E-state index contributed by atoms with van der Waals surface area (Å²) in [6.07, 6.45) is 3.82. The van der Waals surface area contributed by atoms with Crippen molar-refractivity contribution in [2.24, 2.45) is 0 Å². The first kappa shape index (κ1) is 15.3. The van der Waals surface area contributed by atoms with Crippen LogP contribution in [0.25, 0.3) is 21.7 Å². The highest BCUT2D eigenvalue weighted by molar-refractivity contribution is 8.00. The second kappa shape index (κ2) is 5.78. The number of nitrogens with one attached hydrogen (secondary N) is 1. The highest BCUT2D eigenvalue weighted by atomic mass is 32.2. The summed E-state index contributed by atoms with van der Waals surface area (Å²) in [7, 11) is -0.166. The molecule has 1 aliphatic rings. The zero-order valence-corrected chi connectivity index (χ0v) is 15.0. The molecule has 0 saturated heterocycles.